The van der Waals surface area contributed by atoms with Gasteiger partial charge in [0.25, 0.3) is 5.91 Å². The molecule has 0 aliphatic carbocycles. The van der Waals surface area contributed by atoms with Crippen molar-refractivity contribution in [2.24, 2.45) is 0 Å². The number of nitrogens with zero attached hydrogens (tertiary/aromatic N) is 4. The first-order valence-corrected chi connectivity index (χ1v) is 9.52. The van der Waals surface area contributed by atoms with E-state index in [0.29, 0.717) is 11.6 Å². The molecule has 0 radical (unpaired) electrons. The van der Waals surface area contributed by atoms with Crippen molar-refractivity contribution < 1.29 is 14.3 Å². The van der Waals surface area contributed by atoms with Crippen LogP contribution >= 0.6 is 11.6 Å². The minimum absolute atomic E-state index is 0.142. The van der Waals surface area contributed by atoms with Crippen LogP contribution < -0.4 is 10.2 Å². The summed E-state index contributed by atoms with van der Waals surface area (Å²) in [6, 6.07) is 7.01. The van der Waals surface area contributed by atoms with Crippen molar-refractivity contribution in [1.82, 2.24) is 20.0 Å². The Labute approximate surface area is 163 Å². The predicted octanol–water partition coefficient (Wildman–Crippen LogP) is 0.974. The molecular weight excluding hydrogens is 370 g/mol. The van der Waals surface area contributed by atoms with Gasteiger partial charge in [-0.15, -0.1) is 0 Å². The molecule has 3 fully saturated rings. The summed E-state index contributed by atoms with van der Waals surface area (Å²) < 4.78 is 5.07. The smallest absolute Gasteiger partial charge is 0.327 e. The number of amides is 3. The third-order valence-corrected chi connectivity index (χ3v) is 5.80. The van der Waals surface area contributed by atoms with E-state index in [-0.39, 0.29) is 30.9 Å². The molecule has 4 rings (SSSR count). The van der Waals surface area contributed by atoms with Crippen molar-refractivity contribution in [3.05, 3.63) is 29.3 Å². The summed E-state index contributed by atoms with van der Waals surface area (Å²) in [5.74, 6) is -0.159. The first kappa shape index (κ1) is 18.5. The number of rotatable bonds is 4. The van der Waals surface area contributed by atoms with E-state index in [0.717, 1.165) is 25.2 Å². The Kier molecular flexibility index (Phi) is 4.98. The minimum Gasteiger partial charge on any atom is -0.383 e. The Morgan fingerprint density at radius 3 is 2.67 bits per heavy atom. The van der Waals surface area contributed by atoms with Crippen LogP contribution in [0.4, 0.5) is 10.5 Å². The number of anilines is 1. The number of hydrogen-bond donors (Lipinski definition) is 1. The van der Waals surface area contributed by atoms with Gasteiger partial charge < -0.3 is 14.5 Å². The zero-order valence-electron chi connectivity index (χ0n) is 15.5. The standard InChI is InChI=1S/C18H24ClN5O3/c1-21-15-14(16(25)24(18(21)26)10-11-27-2)23-9-3-8-22(17(23)20-15)13-6-4-12(19)5-7-13/h4-7,14-15,17,20H,3,8-11H2,1-2H3. The fourth-order valence-corrected chi connectivity index (χ4v) is 4.33. The molecule has 0 saturated carbocycles. The number of ether oxygens (including phenoxy) is 1. The van der Waals surface area contributed by atoms with Gasteiger partial charge in [-0.05, 0) is 30.7 Å². The van der Waals surface area contributed by atoms with E-state index in [4.69, 9.17) is 16.3 Å². The van der Waals surface area contributed by atoms with Crippen LogP contribution in [-0.4, -0.2) is 85.5 Å². The number of carbonyl (C=O) groups excluding carboxylic acids is 2. The van der Waals surface area contributed by atoms with Gasteiger partial charge in [0.1, 0.15) is 18.5 Å². The fraction of sp³-hybridized carbons (Fsp3) is 0.556. The number of carbonyl (C=O) groups is 2. The van der Waals surface area contributed by atoms with Gasteiger partial charge >= 0.3 is 6.03 Å². The average molecular weight is 394 g/mol. The second-order valence-corrected chi connectivity index (χ2v) is 7.50. The lowest BCUT2D eigenvalue weighted by molar-refractivity contribution is -0.139. The highest BCUT2D eigenvalue weighted by Crippen LogP contribution is 2.33. The van der Waals surface area contributed by atoms with Crippen LogP contribution in [-0.2, 0) is 9.53 Å². The summed E-state index contributed by atoms with van der Waals surface area (Å²) in [5.41, 5.74) is 1.04. The molecule has 3 saturated heterocycles. The quantitative estimate of drug-likeness (QED) is 0.822. The molecule has 3 heterocycles. The summed E-state index contributed by atoms with van der Waals surface area (Å²) in [6.07, 6.45) is 0.450. The number of halogens is 1. The van der Waals surface area contributed by atoms with E-state index in [1.807, 2.05) is 24.3 Å². The van der Waals surface area contributed by atoms with Gasteiger partial charge in [0.2, 0.25) is 0 Å². The van der Waals surface area contributed by atoms with Crippen molar-refractivity contribution in [3.8, 4) is 0 Å². The van der Waals surface area contributed by atoms with E-state index >= 15 is 0 Å². The SMILES string of the molecule is COCCN1C(=O)C2C(NC3N(c4ccc(Cl)cc4)CCCN23)N(C)C1=O. The first-order valence-electron chi connectivity index (χ1n) is 9.14. The molecule has 0 spiro atoms. The molecule has 9 heteroatoms. The van der Waals surface area contributed by atoms with Crippen molar-refractivity contribution in [2.45, 2.75) is 24.9 Å². The Morgan fingerprint density at radius 1 is 1.22 bits per heavy atom. The lowest BCUT2D eigenvalue weighted by Gasteiger charge is -2.43. The molecule has 8 nitrogen and oxygen atoms in total. The highest BCUT2D eigenvalue weighted by atomic mass is 35.5. The number of methoxy groups -OCH3 is 1. The van der Waals surface area contributed by atoms with E-state index < -0.39 is 6.04 Å². The number of imide groups is 1. The molecule has 1 aromatic rings. The van der Waals surface area contributed by atoms with Crippen LogP contribution in [0.3, 0.4) is 0 Å². The molecule has 3 unspecified atom stereocenters. The van der Waals surface area contributed by atoms with E-state index in [1.54, 1.807) is 19.1 Å². The lowest BCUT2D eigenvalue weighted by Crippen LogP contribution is -2.66. The van der Waals surface area contributed by atoms with E-state index in [9.17, 15) is 9.59 Å². The van der Waals surface area contributed by atoms with E-state index in [2.05, 4.69) is 15.1 Å². The van der Waals surface area contributed by atoms with Crippen molar-refractivity contribution >= 4 is 29.2 Å². The molecule has 1 N–H and O–H groups in total. The van der Waals surface area contributed by atoms with Gasteiger partial charge in [-0.2, -0.15) is 0 Å². The van der Waals surface area contributed by atoms with Crippen LogP contribution in [0.1, 0.15) is 6.42 Å². The predicted molar refractivity (Wildman–Crippen MR) is 101 cm³/mol. The number of benzene rings is 1. The van der Waals surface area contributed by atoms with Gasteiger partial charge in [0.15, 0.2) is 0 Å². The third-order valence-electron chi connectivity index (χ3n) is 5.55. The first-order chi connectivity index (χ1) is 13.0. The molecular formula is C18H24ClN5O3. The Balaban J connectivity index is 1.62. The Bertz CT molecular complexity index is 730. The molecule has 3 atom stereocenters. The highest BCUT2D eigenvalue weighted by molar-refractivity contribution is 6.30. The summed E-state index contributed by atoms with van der Waals surface area (Å²) in [6.45, 7) is 2.26. The van der Waals surface area contributed by atoms with Gasteiger partial charge in [-0.3, -0.25) is 19.9 Å². The molecule has 3 amide bonds. The summed E-state index contributed by atoms with van der Waals surface area (Å²) in [5, 5.41) is 4.18. The zero-order chi connectivity index (χ0) is 19.1. The third kappa shape index (κ3) is 3.06. The maximum Gasteiger partial charge on any atom is 0.327 e. The van der Waals surface area contributed by atoms with Crippen LogP contribution in [0.5, 0.6) is 0 Å². The second-order valence-electron chi connectivity index (χ2n) is 7.07. The molecule has 27 heavy (non-hydrogen) atoms. The minimum atomic E-state index is -0.398. The van der Waals surface area contributed by atoms with Crippen LogP contribution in [0.25, 0.3) is 0 Å². The fourth-order valence-electron chi connectivity index (χ4n) is 4.20. The number of urea groups is 1. The molecule has 1 aromatic carbocycles. The number of fused-ring (bicyclic) bond motifs is 3. The van der Waals surface area contributed by atoms with Gasteiger partial charge in [-0.1, -0.05) is 11.6 Å². The largest absolute Gasteiger partial charge is 0.383 e. The number of likely N-dealkylation sites (N-methyl/N-ethyl adjacent to an activating group) is 1. The molecule has 146 valence electrons. The van der Waals surface area contributed by atoms with Crippen LogP contribution in [0.15, 0.2) is 24.3 Å². The molecule has 0 bridgehead atoms. The maximum absolute atomic E-state index is 13.1. The summed E-state index contributed by atoms with van der Waals surface area (Å²) in [4.78, 5) is 33.1. The molecule has 3 aliphatic rings. The number of hydrogen-bond acceptors (Lipinski definition) is 6. The summed E-state index contributed by atoms with van der Waals surface area (Å²) in [7, 11) is 3.30. The van der Waals surface area contributed by atoms with Crippen molar-refractivity contribution in [2.75, 3.05) is 45.3 Å². The monoisotopic (exact) mass is 393 g/mol. The van der Waals surface area contributed by atoms with E-state index in [1.165, 1.54) is 4.90 Å². The normalized spacial score (nSPS) is 28.6. The molecule has 3 aliphatic heterocycles. The topological polar surface area (TPSA) is 68.4 Å². The van der Waals surface area contributed by atoms with Crippen molar-refractivity contribution in [3.63, 3.8) is 0 Å². The highest BCUT2D eigenvalue weighted by Gasteiger charge is 2.55. The summed E-state index contributed by atoms with van der Waals surface area (Å²) >= 11 is 6.02. The van der Waals surface area contributed by atoms with Crippen molar-refractivity contribution in [1.29, 1.82) is 0 Å². The number of nitrogens with one attached hydrogen (secondary N) is 1. The Hall–Kier alpha value is -1.87. The second kappa shape index (κ2) is 7.27. The van der Waals surface area contributed by atoms with Crippen LogP contribution in [0.2, 0.25) is 5.02 Å². The van der Waals surface area contributed by atoms with Gasteiger partial charge in [-0.25, -0.2) is 4.79 Å². The molecule has 0 aromatic heterocycles. The van der Waals surface area contributed by atoms with Gasteiger partial charge in [0, 0.05) is 38.0 Å². The van der Waals surface area contributed by atoms with Crippen LogP contribution in [0, 0.1) is 0 Å². The lowest BCUT2D eigenvalue weighted by atomic mass is 10.1. The average Bonchev–Trinajstić information content (AvgIpc) is 3.07. The maximum atomic E-state index is 13.1. The van der Waals surface area contributed by atoms with Gasteiger partial charge in [0.05, 0.1) is 13.2 Å². The Morgan fingerprint density at radius 2 is 1.96 bits per heavy atom. The zero-order valence-corrected chi connectivity index (χ0v) is 16.2.